The minimum atomic E-state index is -3.43. The Labute approximate surface area is 142 Å². The molecule has 0 aliphatic rings. The summed E-state index contributed by atoms with van der Waals surface area (Å²) in [4.78, 5) is 12.1. The first kappa shape index (κ1) is 18.0. The van der Waals surface area contributed by atoms with E-state index in [1.54, 1.807) is 6.92 Å². The number of hydrogen-bond acceptors (Lipinski definition) is 4. The Balaban J connectivity index is 2.18. The molecule has 0 bridgehead atoms. The molecule has 0 saturated heterocycles. The average Bonchev–Trinajstić information content (AvgIpc) is 2.54. The van der Waals surface area contributed by atoms with Gasteiger partial charge in [-0.05, 0) is 32.0 Å². The van der Waals surface area contributed by atoms with Crippen LogP contribution < -0.4 is 10.1 Å². The number of para-hydroxylation sites is 2. The summed E-state index contributed by atoms with van der Waals surface area (Å²) in [7, 11) is -3.43. The van der Waals surface area contributed by atoms with Crippen molar-refractivity contribution in [3.63, 3.8) is 0 Å². The third-order valence-corrected chi connectivity index (χ3v) is 5.23. The Morgan fingerprint density at radius 1 is 1.00 bits per heavy atom. The number of carbonyl (C=O) groups excluding carboxylic acids is 1. The monoisotopic (exact) mass is 347 g/mol. The first-order chi connectivity index (χ1) is 11.3. The lowest BCUT2D eigenvalue weighted by atomic mass is 10.1. The highest BCUT2D eigenvalue weighted by Gasteiger charge is 2.25. The first-order valence-electron chi connectivity index (χ1n) is 7.60. The van der Waals surface area contributed by atoms with Crippen molar-refractivity contribution in [3.05, 3.63) is 60.2 Å². The molecule has 0 unspecified atom stereocenters. The fourth-order valence-corrected chi connectivity index (χ4v) is 2.61. The number of carbonyl (C=O) groups is 1. The number of nitrogens with one attached hydrogen (secondary N) is 1. The molecule has 1 amide bonds. The van der Waals surface area contributed by atoms with Gasteiger partial charge in [0, 0.05) is 11.8 Å². The lowest BCUT2D eigenvalue weighted by Gasteiger charge is -2.20. The van der Waals surface area contributed by atoms with Crippen molar-refractivity contribution < 1.29 is 17.9 Å². The molecule has 6 heteroatoms. The molecule has 0 fully saturated rings. The smallest absolute Gasteiger partial charge is 0.238 e. The summed E-state index contributed by atoms with van der Waals surface area (Å²) in [6.07, 6.45) is 1.05. The second kappa shape index (κ2) is 7.49. The van der Waals surface area contributed by atoms with Gasteiger partial charge in [-0.2, -0.15) is 0 Å². The molecule has 0 aliphatic heterocycles. The van der Waals surface area contributed by atoms with Crippen LogP contribution in [0.3, 0.4) is 0 Å². The number of sulfone groups is 1. The normalized spacial score (nSPS) is 13.8. The SMILES string of the molecule is C[C@H](NC(=O)[C@H](C)S(C)(=O)=O)c1ccccc1Oc1ccccc1. The molecule has 0 aromatic heterocycles. The molecule has 2 aromatic carbocycles. The molecule has 0 aliphatic carbocycles. The van der Waals surface area contributed by atoms with E-state index in [1.165, 1.54) is 6.92 Å². The summed E-state index contributed by atoms with van der Waals surface area (Å²) in [6.45, 7) is 3.17. The molecular weight excluding hydrogens is 326 g/mol. The van der Waals surface area contributed by atoms with E-state index in [9.17, 15) is 13.2 Å². The molecule has 2 aromatic rings. The van der Waals surface area contributed by atoms with Crippen LogP contribution in [0.4, 0.5) is 0 Å². The van der Waals surface area contributed by atoms with Crippen LogP contribution in [-0.2, 0) is 14.6 Å². The Kier molecular flexibility index (Phi) is 5.62. The van der Waals surface area contributed by atoms with E-state index in [1.807, 2.05) is 54.6 Å². The highest BCUT2D eigenvalue weighted by molar-refractivity contribution is 7.92. The highest BCUT2D eigenvalue weighted by atomic mass is 32.2. The van der Waals surface area contributed by atoms with Crippen LogP contribution in [0.1, 0.15) is 25.5 Å². The van der Waals surface area contributed by atoms with E-state index in [4.69, 9.17) is 4.74 Å². The predicted molar refractivity (Wildman–Crippen MR) is 93.8 cm³/mol. The van der Waals surface area contributed by atoms with Gasteiger partial charge in [0.2, 0.25) is 5.91 Å². The van der Waals surface area contributed by atoms with Crippen molar-refractivity contribution in [2.75, 3.05) is 6.26 Å². The number of rotatable bonds is 6. The van der Waals surface area contributed by atoms with Crippen LogP contribution in [-0.4, -0.2) is 25.8 Å². The lowest BCUT2D eigenvalue weighted by Crippen LogP contribution is -2.38. The van der Waals surface area contributed by atoms with Gasteiger partial charge in [0.25, 0.3) is 0 Å². The minimum Gasteiger partial charge on any atom is -0.457 e. The zero-order valence-corrected chi connectivity index (χ0v) is 14.7. The second-order valence-corrected chi connectivity index (χ2v) is 8.02. The maximum Gasteiger partial charge on any atom is 0.238 e. The average molecular weight is 347 g/mol. The highest BCUT2D eigenvalue weighted by Crippen LogP contribution is 2.29. The van der Waals surface area contributed by atoms with Gasteiger partial charge < -0.3 is 10.1 Å². The zero-order chi connectivity index (χ0) is 17.7. The van der Waals surface area contributed by atoms with Crippen LogP contribution in [0.15, 0.2) is 54.6 Å². The lowest BCUT2D eigenvalue weighted by molar-refractivity contribution is -0.121. The van der Waals surface area contributed by atoms with Gasteiger partial charge in [-0.15, -0.1) is 0 Å². The summed E-state index contributed by atoms with van der Waals surface area (Å²) < 4.78 is 28.9. The molecule has 128 valence electrons. The Morgan fingerprint density at radius 2 is 1.58 bits per heavy atom. The summed E-state index contributed by atoms with van der Waals surface area (Å²) >= 11 is 0. The second-order valence-electron chi connectivity index (χ2n) is 5.65. The third-order valence-electron chi connectivity index (χ3n) is 3.73. The summed E-state index contributed by atoms with van der Waals surface area (Å²) in [5.41, 5.74) is 0.774. The predicted octanol–water partition coefficient (Wildman–Crippen LogP) is 3.09. The maximum absolute atomic E-state index is 12.1. The molecule has 0 saturated carbocycles. The van der Waals surface area contributed by atoms with Gasteiger partial charge >= 0.3 is 0 Å². The zero-order valence-electron chi connectivity index (χ0n) is 13.9. The number of hydrogen-bond donors (Lipinski definition) is 1. The van der Waals surface area contributed by atoms with Gasteiger partial charge in [0.1, 0.15) is 16.7 Å². The Bertz CT molecular complexity index is 803. The van der Waals surface area contributed by atoms with Gasteiger partial charge in [-0.3, -0.25) is 4.79 Å². The molecule has 5 nitrogen and oxygen atoms in total. The van der Waals surface area contributed by atoms with E-state index in [0.29, 0.717) is 11.5 Å². The topological polar surface area (TPSA) is 72.5 Å². The van der Waals surface area contributed by atoms with E-state index in [2.05, 4.69) is 5.32 Å². The Hall–Kier alpha value is -2.34. The van der Waals surface area contributed by atoms with Crippen molar-refractivity contribution in [1.82, 2.24) is 5.32 Å². The van der Waals surface area contributed by atoms with E-state index < -0.39 is 21.0 Å². The van der Waals surface area contributed by atoms with Crippen molar-refractivity contribution in [2.24, 2.45) is 0 Å². The summed E-state index contributed by atoms with van der Waals surface area (Å²) in [5.74, 6) is 0.774. The van der Waals surface area contributed by atoms with Gasteiger partial charge in [0.05, 0.1) is 6.04 Å². The van der Waals surface area contributed by atoms with Crippen LogP contribution in [0.5, 0.6) is 11.5 Å². The molecular formula is C18H21NO4S. The van der Waals surface area contributed by atoms with E-state index in [0.717, 1.165) is 11.8 Å². The van der Waals surface area contributed by atoms with Crippen molar-refractivity contribution in [3.8, 4) is 11.5 Å². The first-order valence-corrected chi connectivity index (χ1v) is 9.55. The summed E-state index contributed by atoms with van der Waals surface area (Å²) in [5, 5.41) is 1.64. The summed E-state index contributed by atoms with van der Waals surface area (Å²) in [6, 6.07) is 16.3. The van der Waals surface area contributed by atoms with Crippen molar-refractivity contribution >= 4 is 15.7 Å². The molecule has 2 atom stereocenters. The van der Waals surface area contributed by atoms with Gasteiger partial charge in [-0.1, -0.05) is 36.4 Å². The quantitative estimate of drug-likeness (QED) is 0.871. The minimum absolute atomic E-state index is 0.387. The molecule has 0 radical (unpaired) electrons. The fourth-order valence-electron chi connectivity index (χ4n) is 2.15. The van der Waals surface area contributed by atoms with Gasteiger partial charge in [0.15, 0.2) is 9.84 Å². The van der Waals surface area contributed by atoms with Crippen molar-refractivity contribution in [2.45, 2.75) is 25.1 Å². The number of ether oxygens (including phenoxy) is 1. The van der Waals surface area contributed by atoms with Crippen LogP contribution >= 0.6 is 0 Å². The maximum atomic E-state index is 12.1. The fraction of sp³-hybridized carbons (Fsp3) is 0.278. The van der Waals surface area contributed by atoms with E-state index >= 15 is 0 Å². The molecule has 1 N–H and O–H groups in total. The van der Waals surface area contributed by atoms with Gasteiger partial charge in [-0.25, -0.2) is 8.42 Å². The molecule has 0 spiro atoms. The molecule has 2 rings (SSSR count). The van der Waals surface area contributed by atoms with Crippen LogP contribution in [0.2, 0.25) is 0 Å². The van der Waals surface area contributed by atoms with Crippen LogP contribution in [0, 0.1) is 0 Å². The van der Waals surface area contributed by atoms with E-state index in [-0.39, 0.29) is 6.04 Å². The number of amides is 1. The Morgan fingerprint density at radius 3 is 2.21 bits per heavy atom. The number of benzene rings is 2. The van der Waals surface area contributed by atoms with Crippen LogP contribution in [0.25, 0.3) is 0 Å². The van der Waals surface area contributed by atoms with Crippen molar-refractivity contribution in [1.29, 1.82) is 0 Å². The third kappa shape index (κ3) is 4.58. The molecule has 24 heavy (non-hydrogen) atoms. The largest absolute Gasteiger partial charge is 0.457 e. The standard InChI is InChI=1S/C18H21NO4S/c1-13(19-18(20)14(2)24(3,21)22)16-11-7-8-12-17(16)23-15-9-5-4-6-10-15/h4-14H,1-3H3,(H,19,20)/t13-,14-/m0/s1. The molecule has 0 heterocycles.